The lowest BCUT2D eigenvalue weighted by Crippen LogP contribution is -2.21. The number of hydrogen-bond donors (Lipinski definition) is 1. The van der Waals surface area contributed by atoms with Gasteiger partial charge in [0.15, 0.2) is 5.65 Å². The van der Waals surface area contributed by atoms with E-state index in [2.05, 4.69) is 15.4 Å². The van der Waals surface area contributed by atoms with Gasteiger partial charge in [0.05, 0.1) is 10.4 Å². The lowest BCUT2D eigenvalue weighted by atomic mass is 10.2. The van der Waals surface area contributed by atoms with Gasteiger partial charge >= 0.3 is 6.18 Å². The van der Waals surface area contributed by atoms with Crippen molar-refractivity contribution in [1.82, 2.24) is 24.6 Å². The molecule has 4 heterocycles. The molecule has 6 nitrogen and oxygen atoms in total. The predicted octanol–water partition coefficient (Wildman–Crippen LogP) is 4.92. The number of aryl methyl sites for hydroxylation is 1. The van der Waals surface area contributed by atoms with E-state index in [4.69, 9.17) is 0 Å². The summed E-state index contributed by atoms with van der Waals surface area (Å²) in [7, 11) is 1.78. The fraction of sp³-hybridized carbons (Fsp3) is 0.136. The van der Waals surface area contributed by atoms with Gasteiger partial charge in [-0.25, -0.2) is 0 Å². The minimum absolute atomic E-state index is 0.223. The summed E-state index contributed by atoms with van der Waals surface area (Å²) < 4.78 is 42.4. The minimum Gasteiger partial charge on any atom is -0.347 e. The van der Waals surface area contributed by atoms with Gasteiger partial charge in [-0.3, -0.25) is 19.0 Å². The highest BCUT2D eigenvalue weighted by molar-refractivity contribution is 7.20. The number of benzene rings is 1. The van der Waals surface area contributed by atoms with E-state index in [0.717, 1.165) is 33.3 Å². The van der Waals surface area contributed by atoms with E-state index >= 15 is 0 Å². The molecule has 0 aliphatic carbocycles. The molecule has 1 aromatic carbocycles. The second-order valence-corrected chi connectivity index (χ2v) is 8.32. The normalized spacial score (nSPS) is 12.0. The second kappa shape index (κ2) is 7.49. The Morgan fingerprint density at radius 2 is 1.81 bits per heavy atom. The molecule has 1 N–H and O–H groups in total. The number of rotatable bonds is 4. The van der Waals surface area contributed by atoms with Crippen LogP contribution in [0.5, 0.6) is 0 Å². The Hall–Kier alpha value is -3.66. The van der Waals surface area contributed by atoms with Crippen molar-refractivity contribution in [3.8, 4) is 5.69 Å². The van der Waals surface area contributed by atoms with Crippen LogP contribution in [0.4, 0.5) is 13.2 Å². The molecule has 10 heteroatoms. The van der Waals surface area contributed by atoms with Gasteiger partial charge in [0, 0.05) is 48.6 Å². The van der Waals surface area contributed by atoms with E-state index in [-0.39, 0.29) is 5.91 Å². The molecule has 0 fully saturated rings. The van der Waals surface area contributed by atoms with E-state index < -0.39 is 11.7 Å². The van der Waals surface area contributed by atoms with Crippen LogP contribution in [0, 0.1) is 0 Å². The van der Waals surface area contributed by atoms with Crippen molar-refractivity contribution >= 4 is 38.5 Å². The summed E-state index contributed by atoms with van der Waals surface area (Å²) in [6.07, 6.45) is 0.748. The highest BCUT2D eigenvalue weighted by atomic mass is 32.1. The average Bonchev–Trinajstić information content (AvgIpc) is 3.42. The molecule has 1 amide bonds. The molecule has 0 spiro atoms. The maximum absolute atomic E-state index is 13.0. The largest absolute Gasteiger partial charge is 0.416 e. The molecular formula is C22H16F3N5OS. The van der Waals surface area contributed by atoms with Crippen LogP contribution in [0.25, 0.3) is 26.9 Å². The summed E-state index contributed by atoms with van der Waals surface area (Å²) >= 11 is 1.28. The molecule has 0 atom stereocenters. The topological polar surface area (TPSA) is 64.7 Å². The summed E-state index contributed by atoms with van der Waals surface area (Å²) in [6, 6.07) is 10.4. The van der Waals surface area contributed by atoms with Gasteiger partial charge < -0.3 is 5.32 Å². The quantitative estimate of drug-likeness (QED) is 0.418. The molecule has 0 saturated carbocycles. The molecule has 0 bridgehead atoms. The summed E-state index contributed by atoms with van der Waals surface area (Å²) in [6.45, 7) is 0.366. The molecule has 0 saturated heterocycles. The summed E-state index contributed by atoms with van der Waals surface area (Å²) in [4.78, 5) is 18.0. The fourth-order valence-electron chi connectivity index (χ4n) is 3.59. The van der Waals surface area contributed by atoms with E-state index in [0.29, 0.717) is 22.8 Å². The zero-order valence-electron chi connectivity index (χ0n) is 16.7. The van der Waals surface area contributed by atoms with Crippen molar-refractivity contribution in [3.05, 3.63) is 77.1 Å². The second-order valence-electron chi connectivity index (χ2n) is 7.29. The third-order valence-electron chi connectivity index (χ3n) is 5.11. The van der Waals surface area contributed by atoms with Gasteiger partial charge in [0.25, 0.3) is 5.91 Å². The average molecular weight is 455 g/mol. The maximum Gasteiger partial charge on any atom is 0.416 e. The first-order chi connectivity index (χ1) is 15.3. The molecule has 0 unspecified atom stereocenters. The molecular weight excluding hydrogens is 439 g/mol. The first kappa shape index (κ1) is 20.3. The predicted molar refractivity (Wildman–Crippen MR) is 116 cm³/mol. The van der Waals surface area contributed by atoms with Gasteiger partial charge in [0.1, 0.15) is 4.83 Å². The van der Waals surface area contributed by atoms with Crippen molar-refractivity contribution in [2.75, 3.05) is 0 Å². The van der Waals surface area contributed by atoms with Crippen LogP contribution in [-0.2, 0) is 19.8 Å². The number of fused-ring (bicyclic) bond motifs is 3. The number of aromatic nitrogens is 4. The van der Waals surface area contributed by atoms with Gasteiger partial charge in [-0.2, -0.15) is 18.3 Å². The van der Waals surface area contributed by atoms with Gasteiger partial charge in [-0.1, -0.05) is 0 Å². The minimum atomic E-state index is -4.41. The number of hydrogen-bond acceptors (Lipinski definition) is 4. The maximum atomic E-state index is 13.0. The van der Waals surface area contributed by atoms with Gasteiger partial charge in [-0.05, 0) is 48.0 Å². The number of nitrogens with zero attached hydrogens (tertiary/aromatic N) is 4. The lowest BCUT2D eigenvalue weighted by Gasteiger charge is -2.09. The number of halogens is 3. The Balaban J connectivity index is 1.55. The summed E-state index contributed by atoms with van der Waals surface area (Å²) in [5.41, 5.74) is 1.38. The Bertz CT molecular complexity index is 1430. The standard InChI is InChI=1S/C22H16F3N5OS/c1-29-12-17-16-10-18(20(31)27-11-13-6-8-26-9-7-13)32-21(16)30(19(17)28-29)15-4-2-14(3-5-15)22(23,24)25/h2-10,12H,11H2,1H3,(H,27,31). The van der Waals surface area contributed by atoms with Crippen molar-refractivity contribution in [1.29, 1.82) is 0 Å². The Labute approximate surface area is 183 Å². The zero-order valence-corrected chi connectivity index (χ0v) is 17.5. The smallest absolute Gasteiger partial charge is 0.347 e. The number of carbonyl (C=O) groups excluding carboxylic acids is 1. The highest BCUT2D eigenvalue weighted by Gasteiger charge is 2.30. The molecule has 4 aromatic heterocycles. The van der Waals surface area contributed by atoms with E-state index in [1.165, 1.54) is 23.5 Å². The molecule has 32 heavy (non-hydrogen) atoms. The van der Waals surface area contributed by atoms with Crippen LogP contribution in [0.15, 0.2) is 61.1 Å². The number of amides is 1. The number of alkyl halides is 3. The molecule has 0 radical (unpaired) electrons. The number of nitrogens with one attached hydrogen (secondary N) is 1. The molecule has 5 aromatic rings. The Morgan fingerprint density at radius 1 is 1.09 bits per heavy atom. The first-order valence-corrected chi connectivity index (χ1v) is 10.5. The van der Waals surface area contributed by atoms with E-state index in [9.17, 15) is 18.0 Å². The third kappa shape index (κ3) is 3.52. The number of pyridine rings is 1. The van der Waals surface area contributed by atoms with Crippen molar-refractivity contribution in [2.45, 2.75) is 12.7 Å². The van der Waals surface area contributed by atoms with Crippen molar-refractivity contribution < 1.29 is 18.0 Å². The van der Waals surface area contributed by atoms with E-state index in [1.54, 1.807) is 34.8 Å². The van der Waals surface area contributed by atoms with Crippen LogP contribution in [0.3, 0.4) is 0 Å². The van der Waals surface area contributed by atoms with Crippen LogP contribution < -0.4 is 5.32 Å². The SMILES string of the molecule is Cn1cc2c3cc(C(=O)NCc4ccncc4)sc3n(-c3ccc(C(F)(F)F)cc3)c2n1. The van der Waals surface area contributed by atoms with Crippen LogP contribution in [0.2, 0.25) is 0 Å². The van der Waals surface area contributed by atoms with Crippen molar-refractivity contribution in [2.24, 2.45) is 7.05 Å². The fourth-order valence-corrected chi connectivity index (χ4v) is 4.70. The number of thiophene rings is 1. The van der Waals surface area contributed by atoms with Crippen LogP contribution >= 0.6 is 11.3 Å². The summed E-state index contributed by atoms with van der Waals surface area (Å²) in [5.74, 6) is -0.223. The Kier molecular flexibility index (Phi) is 4.74. The van der Waals surface area contributed by atoms with Crippen LogP contribution in [-0.4, -0.2) is 25.2 Å². The Morgan fingerprint density at radius 3 is 2.50 bits per heavy atom. The summed E-state index contributed by atoms with van der Waals surface area (Å²) in [5, 5.41) is 9.02. The van der Waals surface area contributed by atoms with Gasteiger partial charge in [0.2, 0.25) is 0 Å². The third-order valence-corrected chi connectivity index (χ3v) is 6.22. The lowest BCUT2D eigenvalue weighted by molar-refractivity contribution is -0.137. The molecule has 162 valence electrons. The molecule has 0 aliphatic heterocycles. The number of carbonyl (C=O) groups is 1. The monoisotopic (exact) mass is 455 g/mol. The zero-order chi connectivity index (χ0) is 22.5. The molecule has 5 rings (SSSR count). The van der Waals surface area contributed by atoms with Crippen molar-refractivity contribution in [3.63, 3.8) is 0 Å². The molecule has 0 aliphatic rings. The highest BCUT2D eigenvalue weighted by Crippen LogP contribution is 2.37. The van der Waals surface area contributed by atoms with E-state index in [1.807, 2.05) is 18.3 Å². The first-order valence-electron chi connectivity index (χ1n) is 9.63. The van der Waals surface area contributed by atoms with Crippen LogP contribution in [0.1, 0.15) is 20.8 Å². The van der Waals surface area contributed by atoms with Gasteiger partial charge in [-0.15, -0.1) is 11.3 Å².